The van der Waals surface area contributed by atoms with Gasteiger partial charge in [0.05, 0.1) is 12.1 Å². The van der Waals surface area contributed by atoms with Gasteiger partial charge in [0.2, 0.25) is 0 Å². The molecule has 2 rings (SSSR count). The standard InChI is InChI=1S/C14H20ClNO/c1-14(2)7-11(14)9-16-8-10-4-5-13(17-3)12(15)6-10/h4-6,11,16H,7-9H2,1-3H3. The average molecular weight is 254 g/mol. The molecule has 3 heteroatoms. The molecule has 94 valence electrons. The van der Waals surface area contributed by atoms with Crippen LogP contribution < -0.4 is 10.1 Å². The van der Waals surface area contributed by atoms with Crippen LogP contribution in [0, 0.1) is 11.3 Å². The number of methoxy groups -OCH3 is 1. The molecule has 0 saturated heterocycles. The lowest BCUT2D eigenvalue weighted by Gasteiger charge is -2.08. The van der Waals surface area contributed by atoms with Gasteiger partial charge in [0, 0.05) is 6.54 Å². The van der Waals surface area contributed by atoms with Crippen LogP contribution in [0.4, 0.5) is 0 Å². The van der Waals surface area contributed by atoms with Crippen molar-refractivity contribution >= 4 is 11.6 Å². The summed E-state index contributed by atoms with van der Waals surface area (Å²) in [5, 5.41) is 4.16. The first-order valence-electron chi connectivity index (χ1n) is 6.06. The van der Waals surface area contributed by atoms with E-state index in [2.05, 4.69) is 25.2 Å². The van der Waals surface area contributed by atoms with Gasteiger partial charge in [-0.3, -0.25) is 0 Å². The Morgan fingerprint density at radius 2 is 2.18 bits per heavy atom. The highest BCUT2D eigenvalue weighted by Gasteiger charge is 2.44. The molecule has 1 aliphatic rings. The van der Waals surface area contributed by atoms with Crippen molar-refractivity contribution in [1.82, 2.24) is 5.32 Å². The van der Waals surface area contributed by atoms with Gasteiger partial charge in [-0.15, -0.1) is 0 Å². The van der Waals surface area contributed by atoms with Gasteiger partial charge in [-0.1, -0.05) is 31.5 Å². The lowest BCUT2D eigenvalue weighted by molar-refractivity contribution is 0.415. The van der Waals surface area contributed by atoms with Crippen molar-refractivity contribution in [3.63, 3.8) is 0 Å². The Kier molecular flexibility index (Phi) is 3.64. The largest absolute Gasteiger partial charge is 0.495 e. The summed E-state index contributed by atoms with van der Waals surface area (Å²) in [6, 6.07) is 5.93. The van der Waals surface area contributed by atoms with Crippen LogP contribution in [-0.2, 0) is 6.54 Å². The maximum atomic E-state index is 6.08. The number of benzene rings is 1. The zero-order chi connectivity index (χ0) is 12.5. The number of ether oxygens (including phenoxy) is 1. The molecule has 0 heterocycles. The normalized spacial score (nSPS) is 21.3. The zero-order valence-corrected chi connectivity index (χ0v) is 11.5. The first kappa shape index (κ1) is 12.7. The molecule has 1 atom stereocenters. The van der Waals surface area contributed by atoms with Crippen LogP contribution in [0.1, 0.15) is 25.8 Å². The predicted molar refractivity (Wildman–Crippen MR) is 71.6 cm³/mol. The van der Waals surface area contributed by atoms with Crippen LogP contribution in [-0.4, -0.2) is 13.7 Å². The summed E-state index contributed by atoms with van der Waals surface area (Å²) >= 11 is 6.08. The first-order valence-corrected chi connectivity index (χ1v) is 6.44. The maximum Gasteiger partial charge on any atom is 0.137 e. The molecule has 0 radical (unpaired) electrons. The Hall–Kier alpha value is -0.730. The third-order valence-corrected chi connectivity index (χ3v) is 3.95. The van der Waals surface area contributed by atoms with Crippen LogP contribution in [0.5, 0.6) is 5.75 Å². The molecule has 0 aliphatic heterocycles. The molecule has 1 N–H and O–H groups in total. The second-order valence-electron chi connectivity index (χ2n) is 5.49. The summed E-state index contributed by atoms with van der Waals surface area (Å²) in [5.41, 5.74) is 1.75. The van der Waals surface area contributed by atoms with Crippen molar-refractivity contribution in [3.05, 3.63) is 28.8 Å². The van der Waals surface area contributed by atoms with Crippen LogP contribution >= 0.6 is 11.6 Å². The molecule has 1 aromatic rings. The highest BCUT2D eigenvalue weighted by atomic mass is 35.5. The molecule has 0 bridgehead atoms. The number of hydrogen-bond acceptors (Lipinski definition) is 2. The Bertz CT molecular complexity index is 403. The van der Waals surface area contributed by atoms with Crippen LogP contribution in [0.25, 0.3) is 0 Å². The van der Waals surface area contributed by atoms with Crippen molar-refractivity contribution in [3.8, 4) is 5.75 Å². The highest BCUT2D eigenvalue weighted by molar-refractivity contribution is 6.32. The molecule has 1 fully saturated rings. The number of rotatable bonds is 5. The lowest BCUT2D eigenvalue weighted by atomic mass is 10.1. The van der Waals surface area contributed by atoms with E-state index in [9.17, 15) is 0 Å². The number of nitrogens with one attached hydrogen (secondary N) is 1. The summed E-state index contributed by atoms with van der Waals surface area (Å²) in [7, 11) is 1.63. The molecule has 2 nitrogen and oxygen atoms in total. The van der Waals surface area contributed by atoms with E-state index in [1.807, 2.05) is 12.1 Å². The molecule has 17 heavy (non-hydrogen) atoms. The maximum absolute atomic E-state index is 6.08. The molecular weight excluding hydrogens is 234 g/mol. The van der Waals surface area contributed by atoms with Gasteiger partial charge in [-0.05, 0) is 42.0 Å². The predicted octanol–water partition coefficient (Wildman–Crippen LogP) is 3.48. The van der Waals surface area contributed by atoms with Crippen molar-refractivity contribution < 1.29 is 4.74 Å². The van der Waals surface area contributed by atoms with Crippen molar-refractivity contribution in [2.75, 3.05) is 13.7 Å². The van der Waals surface area contributed by atoms with E-state index in [1.54, 1.807) is 7.11 Å². The van der Waals surface area contributed by atoms with Gasteiger partial charge in [-0.2, -0.15) is 0 Å². The van der Waals surface area contributed by atoms with Crippen molar-refractivity contribution in [2.45, 2.75) is 26.8 Å². The minimum atomic E-state index is 0.546. The van der Waals surface area contributed by atoms with Gasteiger partial charge < -0.3 is 10.1 Å². The molecule has 1 aromatic carbocycles. The Labute approximate surface area is 108 Å². The third kappa shape index (κ3) is 3.14. The molecule has 0 amide bonds. The van der Waals surface area contributed by atoms with Gasteiger partial charge in [0.25, 0.3) is 0 Å². The van der Waals surface area contributed by atoms with Gasteiger partial charge in [0.1, 0.15) is 5.75 Å². The average Bonchev–Trinajstić information content (AvgIpc) is 2.87. The number of hydrogen-bond donors (Lipinski definition) is 1. The van der Waals surface area contributed by atoms with Crippen molar-refractivity contribution in [2.24, 2.45) is 11.3 Å². The van der Waals surface area contributed by atoms with Gasteiger partial charge in [0.15, 0.2) is 0 Å². The SMILES string of the molecule is COc1ccc(CNCC2CC2(C)C)cc1Cl. The van der Waals surface area contributed by atoms with E-state index in [0.717, 1.165) is 24.8 Å². The fraction of sp³-hybridized carbons (Fsp3) is 0.571. The fourth-order valence-corrected chi connectivity index (χ4v) is 2.42. The summed E-state index contributed by atoms with van der Waals surface area (Å²) in [6.07, 6.45) is 1.34. The quantitative estimate of drug-likeness (QED) is 0.868. The second-order valence-corrected chi connectivity index (χ2v) is 5.90. The van der Waals surface area contributed by atoms with E-state index in [-0.39, 0.29) is 0 Å². The fourth-order valence-electron chi connectivity index (χ4n) is 2.14. The number of halogens is 1. The van der Waals surface area contributed by atoms with E-state index in [4.69, 9.17) is 16.3 Å². The molecule has 1 unspecified atom stereocenters. The summed E-state index contributed by atoms with van der Waals surface area (Å²) in [4.78, 5) is 0. The van der Waals surface area contributed by atoms with Crippen LogP contribution in [0.15, 0.2) is 18.2 Å². The first-order chi connectivity index (χ1) is 8.03. The summed E-state index contributed by atoms with van der Waals surface area (Å²) in [5.74, 6) is 1.56. The third-order valence-electron chi connectivity index (χ3n) is 3.65. The summed E-state index contributed by atoms with van der Waals surface area (Å²) in [6.45, 7) is 6.61. The molecule has 0 aromatic heterocycles. The van der Waals surface area contributed by atoms with E-state index in [1.165, 1.54) is 12.0 Å². The smallest absolute Gasteiger partial charge is 0.137 e. The topological polar surface area (TPSA) is 21.3 Å². The van der Waals surface area contributed by atoms with Gasteiger partial charge >= 0.3 is 0 Å². The van der Waals surface area contributed by atoms with Crippen molar-refractivity contribution in [1.29, 1.82) is 0 Å². The van der Waals surface area contributed by atoms with E-state index >= 15 is 0 Å². The Morgan fingerprint density at radius 3 is 2.71 bits per heavy atom. The van der Waals surface area contributed by atoms with E-state index in [0.29, 0.717) is 10.4 Å². The monoisotopic (exact) mass is 253 g/mol. The Balaban J connectivity index is 1.81. The molecular formula is C14H20ClNO. The van der Waals surface area contributed by atoms with Crippen LogP contribution in [0.2, 0.25) is 5.02 Å². The van der Waals surface area contributed by atoms with Gasteiger partial charge in [-0.25, -0.2) is 0 Å². The summed E-state index contributed by atoms with van der Waals surface area (Å²) < 4.78 is 5.13. The molecule has 1 aliphatic carbocycles. The molecule has 0 spiro atoms. The Morgan fingerprint density at radius 1 is 1.47 bits per heavy atom. The van der Waals surface area contributed by atoms with Crippen LogP contribution in [0.3, 0.4) is 0 Å². The minimum absolute atomic E-state index is 0.546. The zero-order valence-electron chi connectivity index (χ0n) is 10.7. The van der Waals surface area contributed by atoms with E-state index < -0.39 is 0 Å². The lowest BCUT2D eigenvalue weighted by Crippen LogP contribution is -2.18. The second kappa shape index (κ2) is 4.87. The molecule has 1 saturated carbocycles. The minimum Gasteiger partial charge on any atom is -0.495 e. The highest BCUT2D eigenvalue weighted by Crippen LogP contribution is 2.50.